The highest BCUT2D eigenvalue weighted by atomic mass is 19.3. The molecule has 0 bridgehead atoms. The fraction of sp³-hybridized carbons (Fsp3) is 0.385. The zero-order chi connectivity index (χ0) is 12.7. The lowest BCUT2D eigenvalue weighted by molar-refractivity contribution is -0.0497. The van der Waals surface area contributed by atoms with Gasteiger partial charge in [0.1, 0.15) is 11.6 Å². The van der Waals surface area contributed by atoms with Crippen LogP contribution < -0.4 is 10.5 Å². The third kappa shape index (κ3) is 1.79. The van der Waals surface area contributed by atoms with Crippen molar-refractivity contribution in [3.8, 4) is 5.75 Å². The Morgan fingerprint density at radius 1 is 1.28 bits per heavy atom. The fourth-order valence-electron chi connectivity index (χ4n) is 2.45. The maximum Gasteiger partial charge on any atom is 0.387 e. The van der Waals surface area contributed by atoms with E-state index >= 15 is 0 Å². The van der Waals surface area contributed by atoms with Crippen LogP contribution in [0, 0.1) is 0 Å². The molecule has 0 radical (unpaired) electrons. The number of anilines is 1. The van der Waals surface area contributed by atoms with E-state index in [0.717, 1.165) is 23.7 Å². The molecule has 0 aliphatic heterocycles. The fourth-order valence-corrected chi connectivity index (χ4v) is 2.45. The maximum absolute atomic E-state index is 12.2. The molecule has 1 heterocycles. The van der Waals surface area contributed by atoms with Crippen molar-refractivity contribution in [3.63, 3.8) is 0 Å². The van der Waals surface area contributed by atoms with Crippen LogP contribution in [0.1, 0.15) is 25.3 Å². The molecule has 1 aromatic carbocycles. The zero-order valence-electron chi connectivity index (χ0n) is 9.77. The Labute approximate surface area is 103 Å². The molecule has 1 aliphatic carbocycles. The number of halogens is 2. The lowest BCUT2D eigenvalue weighted by atomic mass is 9.93. The van der Waals surface area contributed by atoms with Gasteiger partial charge in [0.05, 0.1) is 5.52 Å². The van der Waals surface area contributed by atoms with Crippen LogP contribution in [0.25, 0.3) is 10.9 Å². The average Bonchev–Trinajstić information content (AvgIpc) is 2.53. The van der Waals surface area contributed by atoms with Crippen molar-refractivity contribution in [1.82, 2.24) is 4.57 Å². The summed E-state index contributed by atoms with van der Waals surface area (Å²) >= 11 is 0. The van der Waals surface area contributed by atoms with Gasteiger partial charge in [-0.3, -0.25) is 0 Å². The number of ether oxygens (including phenoxy) is 1. The number of hydrogen-bond donors (Lipinski definition) is 1. The molecule has 1 fully saturated rings. The van der Waals surface area contributed by atoms with E-state index in [1.165, 1.54) is 6.42 Å². The molecule has 2 aromatic rings. The van der Waals surface area contributed by atoms with Crippen molar-refractivity contribution >= 4 is 16.7 Å². The van der Waals surface area contributed by atoms with Crippen molar-refractivity contribution in [2.45, 2.75) is 31.9 Å². The predicted octanol–water partition coefficient (Wildman–Crippen LogP) is 3.55. The molecule has 3 rings (SSSR count). The van der Waals surface area contributed by atoms with Gasteiger partial charge < -0.3 is 15.0 Å². The van der Waals surface area contributed by atoms with Gasteiger partial charge in [0, 0.05) is 17.5 Å². The summed E-state index contributed by atoms with van der Waals surface area (Å²) in [5.74, 6) is 0.861. The van der Waals surface area contributed by atoms with E-state index in [9.17, 15) is 8.78 Å². The first-order chi connectivity index (χ1) is 8.65. The van der Waals surface area contributed by atoms with Crippen LogP contribution in [0.3, 0.4) is 0 Å². The lowest BCUT2D eigenvalue weighted by Gasteiger charge is -2.29. The minimum atomic E-state index is -2.80. The minimum Gasteiger partial charge on any atom is -0.435 e. The number of benzene rings is 1. The van der Waals surface area contributed by atoms with Crippen LogP contribution in [0.5, 0.6) is 5.75 Å². The predicted molar refractivity (Wildman–Crippen MR) is 65.9 cm³/mol. The van der Waals surface area contributed by atoms with E-state index in [-0.39, 0.29) is 5.75 Å². The largest absolute Gasteiger partial charge is 0.435 e. The zero-order valence-corrected chi connectivity index (χ0v) is 9.77. The van der Waals surface area contributed by atoms with E-state index in [4.69, 9.17) is 5.73 Å². The molecule has 0 atom stereocenters. The van der Waals surface area contributed by atoms with E-state index < -0.39 is 6.61 Å². The lowest BCUT2D eigenvalue weighted by Crippen LogP contribution is -2.18. The molecule has 5 heteroatoms. The number of nitrogens with two attached hydrogens (primary N) is 1. The van der Waals surface area contributed by atoms with Gasteiger partial charge in [-0.1, -0.05) is 0 Å². The number of aromatic nitrogens is 1. The third-order valence-electron chi connectivity index (χ3n) is 3.51. The highest BCUT2D eigenvalue weighted by molar-refractivity contribution is 5.86. The van der Waals surface area contributed by atoms with Crippen LogP contribution in [-0.4, -0.2) is 11.2 Å². The summed E-state index contributed by atoms with van der Waals surface area (Å²) in [5, 5.41) is 0.959. The quantitative estimate of drug-likeness (QED) is 0.907. The highest BCUT2D eigenvalue weighted by Crippen LogP contribution is 2.38. The Kier molecular flexibility index (Phi) is 2.61. The SMILES string of the molecule is Nc1cc2ccc(OC(F)F)cc2n1C1CCC1. The molecule has 1 aliphatic rings. The molecule has 1 saturated carbocycles. The smallest absolute Gasteiger partial charge is 0.387 e. The van der Waals surface area contributed by atoms with E-state index in [2.05, 4.69) is 4.74 Å². The number of nitrogens with zero attached hydrogens (tertiary/aromatic N) is 1. The highest BCUT2D eigenvalue weighted by Gasteiger charge is 2.23. The van der Waals surface area contributed by atoms with Crippen molar-refractivity contribution in [2.24, 2.45) is 0 Å². The third-order valence-corrected chi connectivity index (χ3v) is 3.51. The van der Waals surface area contributed by atoms with Crippen molar-refractivity contribution < 1.29 is 13.5 Å². The molecule has 0 saturated heterocycles. The van der Waals surface area contributed by atoms with Gasteiger partial charge in [0.25, 0.3) is 0 Å². The van der Waals surface area contributed by atoms with Crippen molar-refractivity contribution in [2.75, 3.05) is 5.73 Å². The van der Waals surface area contributed by atoms with Gasteiger partial charge in [-0.25, -0.2) is 0 Å². The summed E-state index contributed by atoms with van der Waals surface area (Å²) in [6.45, 7) is -2.80. The number of hydrogen-bond acceptors (Lipinski definition) is 2. The van der Waals surface area contributed by atoms with Crippen LogP contribution in [0.4, 0.5) is 14.6 Å². The van der Waals surface area contributed by atoms with Gasteiger partial charge in [0.2, 0.25) is 0 Å². The van der Waals surface area contributed by atoms with Gasteiger partial charge in [0.15, 0.2) is 0 Å². The second kappa shape index (κ2) is 4.15. The first kappa shape index (κ1) is 11.3. The first-order valence-electron chi connectivity index (χ1n) is 6.00. The molecule has 3 nitrogen and oxygen atoms in total. The van der Waals surface area contributed by atoms with Crippen LogP contribution in [-0.2, 0) is 0 Å². The summed E-state index contributed by atoms with van der Waals surface area (Å²) in [7, 11) is 0. The molecule has 18 heavy (non-hydrogen) atoms. The van der Waals surface area contributed by atoms with Crippen LogP contribution in [0.2, 0.25) is 0 Å². The van der Waals surface area contributed by atoms with Gasteiger partial charge in [-0.15, -0.1) is 0 Å². The normalized spacial score (nSPS) is 16.2. The number of alkyl halides is 2. The van der Waals surface area contributed by atoms with Gasteiger partial charge >= 0.3 is 6.61 Å². The van der Waals surface area contributed by atoms with Crippen LogP contribution >= 0.6 is 0 Å². The van der Waals surface area contributed by atoms with E-state index in [0.29, 0.717) is 11.9 Å². The number of fused-ring (bicyclic) bond motifs is 1. The Balaban J connectivity index is 2.06. The minimum absolute atomic E-state index is 0.177. The maximum atomic E-state index is 12.2. The Morgan fingerprint density at radius 3 is 2.67 bits per heavy atom. The molecule has 2 N–H and O–H groups in total. The van der Waals surface area contributed by atoms with Crippen molar-refractivity contribution in [1.29, 1.82) is 0 Å². The standard InChI is InChI=1S/C13H14F2N2O/c14-13(15)18-10-5-4-8-6-12(16)17(11(8)7-10)9-2-1-3-9/h4-7,9,13H,1-3,16H2. The molecule has 96 valence electrons. The molecule has 0 spiro atoms. The second-order valence-corrected chi connectivity index (χ2v) is 4.62. The molecule has 1 aromatic heterocycles. The Hall–Kier alpha value is -1.78. The first-order valence-corrected chi connectivity index (χ1v) is 6.00. The topological polar surface area (TPSA) is 40.2 Å². The van der Waals surface area contributed by atoms with E-state index in [1.807, 2.05) is 10.6 Å². The monoisotopic (exact) mass is 252 g/mol. The summed E-state index contributed by atoms with van der Waals surface area (Å²) in [6.07, 6.45) is 3.37. The summed E-state index contributed by atoms with van der Waals surface area (Å²) in [6, 6.07) is 7.21. The summed E-state index contributed by atoms with van der Waals surface area (Å²) < 4.78 is 30.9. The Bertz CT molecular complexity index is 576. The van der Waals surface area contributed by atoms with Crippen molar-refractivity contribution in [3.05, 3.63) is 24.3 Å². The summed E-state index contributed by atoms with van der Waals surface area (Å²) in [5.41, 5.74) is 6.86. The molecule has 0 unspecified atom stereocenters. The number of nitrogen functional groups attached to an aromatic ring is 1. The average molecular weight is 252 g/mol. The number of rotatable bonds is 3. The molecular weight excluding hydrogens is 238 g/mol. The van der Waals surface area contributed by atoms with Gasteiger partial charge in [-0.2, -0.15) is 8.78 Å². The van der Waals surface area contributed by atoms with Gasteiger partial charge in [-0.05, 0) is 37.5 Å². The molecular formula is C13H14F2N2O. The Morgan fingerprint density at radius 2 is 2.06 bits per heavy atom. The second-order valence-electron chi connectivity index (χ2n) is 4.62. The molecule has 0 amide bonds. The summed E-state index contributed by atoms with van der Waals surface area (Å²) in [4.78, 5) is 0. The van der Waals surface area contributed by atoms with E-state index in [1.54, 1.807) is 18.2 Å². The van der Waals surface area contributed by atoms with Crippen LogP contribution in [0.15, 0.2) is 24.3 Å².